The molecule has 0 radical (unpaired) electrons. The van der Waals surface area contributed by atoms with Crippen LogP contribution in [-0.4, -0.2) is 5.16 Å². The van der Waals surface area contributed by atoms with Crippen molar-refractivity contribution >= 4 is 11.0 Å². The first kappa shape index (κ1) is 15.7. The summed E-state index contributed by atoms with van der Waals surface area (Å²) in [4.78, 5) is 0. The smallest absolute Gasteiger partial charge is 0.170 e. The molecule has 1 aromatic heterocycles. The Balaban J connectivity index is 1.29. The number of rotatable bonds is 4. The van der Waals surface area contributed by atoms with E-state index in [-0.39, 0.29) is 5.41 Å². The molecule has 0 spiro atoms. The predicted molar refractivity (Wildman–Crippen MR) is 105 cm³/mol. The van der Waals surface area contributed by atoms with E-state index in [0.717, 1.165) is 29.1 Å². The van der Waals surface area contributed by atoms with Crippen LogP contribution >= 0.6 is 0 Å². The molecule has 0 unspecified atom stereocenters. The summed E-state index contributed by atoms with van der Waals surface area (Å²) in [5.74, 6) is 3.59. The molecule has 3 heteroatoms. The van der Waals surface area contributed by atoms with Crippen LogP contribution in [0.15, 0.2) is 53.1 Å². The third-order valence-electron chi connectivity index (χ3n) is 7.23. The topological polar surface area (TPSA) is 35.3 Å². The van der Waals surface area contributed by atoms with E-state index in [1.807, 2.05) is 24.3 Å². The van der Waals surface area contributed by atoms with Crippen LogP contribution in [0.3, 0.4) is 0 Å². The third kappa shape index (κ3) is 2.59. The highest BCUT2D eigenvalue weighted by molar-refractivity contribution is 5.82. The lowest BCUT2D eigenvalue weighted by Crippen LogP contribution is -2.48. The van der Waals surface area contributed by atoms with Gasteiger partial charge in [-0.2, -0.15) is 0 Å². The Morgan fingerprint density at radius 1 is 0.926 bits per heavy atom. The summed E-state index contributed by atoms with van der Waals surface area (Å²) in [5.41, 5.74) is 3.54. The molecule has 0 atom stereocenters. The van der Waals surface area contributed by atoms with Crippen LogP contribution < -0.4 is 4.74 Å². The zero-order chi connectivity index (χ0) is 17.8. The number of benzene rings is 2. The molecule has 4 bridgehead atoms. The number of aromatic nitrogens is 1. The fourth-order valence-corrected chi connectivity index (χ4v) is 6.53. The summed E-state index contributed by atoms with van der Waals surface area (Å²) in [6.45, 7) is 0.572. The number of fused-ring (bicyclic) bond motifs is 1. The van der Waals surface area contributed by atoms with Crippen LogP contribution in [0.5, 0.6) is 5.75 Å². The number of hydrogen-bond acceptors (Lipinski definition) is 3. The Hall–Kier alpha value is -2.29. The summed E-state index contributed by atoms with van der Waals surface area (Å²) in [6.07, 6.45) is 8.29. The largest absolute Gasteiger partial charge is 0.489 e. The zero-order valence-corrected chi connectivity index (χ0v) is 15.6. The minimum Gasteiger partial charge on any atom is -0.489 e. The minimum atomic E-state index is 0.270. The lowest BCUT2D eigenvalue weighted by atomic mass is 9.48. The predicted octanol–water partition coefficient (Wildman–Crippen LogP) is 5.87. The monoisotopic (exact) mass is 359 g/mol. The summed E-state index contributed by atoms with van der Waals surface area (Å²) in [7, 11) is 0. The van der Waals surface area contributed by atoms with E-state index in [2.05, 4.69) is 29.4 Å². The second-order valence-corrected chi connectivity index (χ2v) is 9.16. The quantitative estimate of drug-likeness (QED) is 0.584. The van der Waals surface area contributed by atoms with Gasteiger partial charge in [-0.15, -0.1) is 0 Å². The number of nitrogens with zero attached hydrogens (tertiary/aromatic N) is 1. The average Bonchev–Trinajstić information content (AvgIpc) is 3.10. The Morgan fingerprint density at radius 2 is 1.63 bits per heavy atom. The average molecular weight is 359 g/mol. The van der Waals surface area contributed by atoms with Crippen LogP contribution in [0.25, 0.3) is 11.0 Å². The first-order chi connectivity index (χ1) is 13.3. The first-order valence-electron chi connectivity index (χ1n) is 10.3. The summed E-state index contributed by atoms with van der Waals surface area (Å²) in [6, 6.07) is 16.5. The van der Waals surface area contributed by atoms with Gasteiger partial charge in [0.2, 0.25) is 0 Å². The highest BCUT2D eigenvalue weighted by Gasteiger charge is 2.53. The lowest BCUT2D eigenvalue weighted by molar-refractivity contribution is -0.00781. The van der Waals surface area contributed by atoms with Crippen molar-refractivity contribution in [3.63, 3.8) is 0 Å². The maximum atomic E-state index is 5.97. The van der Waals surface area contributed by atoms with E-state index >= 15 is 0 Å². The molecular weight excluding hydrogens is 334 g/mol. The van der Waals surface area contributed by atoms with Crippen molar-refractivity contribution in [3.8, 4) is 5.75 Å². The fourth-order valence-electron chi connectivity index (χ4n) is 6.53. The maximum Gasteiger partial charge on any atom is 0.170 e. The van der Waals surface area contributed by atoms with Crippen molar-refractivity contribution in [2.45, 2.75) is 50.5 Å². The molecule has 3 nitrogen and oxygen atoms in total. The van der Waals surface area contributed by atoms with E-state index in [4.69, 9.17) is 9.26 Å². The van der Waals surface area contributed by atoms with Gasteiger partial charge in [0.25, 0.3) is 0 Å². The van der Waals surface area contributed by atoms with Crippen molar-refractivity contribution in [2.75, 3.05) is 0 Å². The SMILES string of the molecule is c1ccc(COc2ccc3c(C45CC6CC(CC(C6)C4)C5)noc3c2)cc1. The first-order valence-corrected chi connectivity index (χ1v) is 10.3. The van der Waals surface area contributed by atoms with E-state index in [1.54, 1.807) is 0 Å². The standard InChI is InChI=1S/C24H25NO2/c1-2-4-16(5-3-1)15-26-20-6-7-21-22(11-20)27-25-23(21)24-12-17-8-18(13-24)10-19(9-17)14-24/h1-7,11,17-19H,8-10,12-15H2. The van der Waals surface area contributed by atoms with Gasteiger partial charge < -0.3 is 9.26 Å². The van der Waals surface area contributed by atoms with Crippen LogP contribution in [0.1, 0.15) is 49.8 Å². The van der Waals surface area contributed by atoms with E-state index < -0.39 is 0 Å². The molecule has 4 fully saturated rings. The molecule has 0 aliphatic heterocycles. The van der Waals surface area contributed by atoms with Crippen molar-refractivity contribution in [1.29, 1.82) is 0 Å². The van der Waals surface area contributed by atoms with Gasteiger partial charge in [-0.1, -0.05) is 35.5 Å². The molecule has 7 rings (SSSR count). The molecule has 0 amide bonds. The summed E-state index contributed by atoms with van der Waals surface area (Å²) in [5, 5.41) is 5.81. The molecular formula is C24H25NO2. The Bertz CT molecular complexity index is 939. The number of hydrogen-bond donors (Lipinski definition) is 0. The minimum absolute atomic E-state index is 0.270. The van der Waals surface area contributed by atoms with Crippen LogP contribution in [0.4, 0.5) is 0 Å². The van der Waals surface area contributed by atoms with Crippen molar-refractivity contribution in [3.05, 3.63) is 59.8 Å². The van der Waals surface area contributed by atoms with Crippen molar-refractivity contribution < 1.29 is 9.26 Å². The highest BCUT2D eigenvalue weighted by Crippen LogP contribution is 2.61. The van der Waals surface area contributed by atoms with Crippen molar-refractivity contribution in [2.24, 2.45) is 17.8 Å². The molecule has 0 saturated heterocycles. The van der Waals surface area contributed by atoms with Gasteiger partial charge in [0.05, 0.1) is 5.69 Å². The molecule has 1 heterocycles. The molecule has 0 N–H and O–H groups in total. The van der Waals surface area contributed by atoms with Gasteiger partial charge in [0.1, 0.15) is 12.4 Å². The molecule has 3 aromatic rings. The molecule has 4 aliphatic carbocycles. The maximum absolute atomic E-state index is 5.97. The van der Waals surface area contributed by atoms with Gasteiger partial charge in [0.15, 0.2) is 5.58 Å². The second-order valence-electron chi connectivity index (χ2n) is 9.16. The number of ether oxygens (including phenoxy) is 1. The zero-order valence-electron chi connectivity index (χ0n) is 15.6. The fraction of sp³-hybridized carbons (Fsp3) is 0.458. The van der Waals surface area contributed by atoms with Crippen LogP contribution in [-0.2, 0) is 12.0 Å². The summed E-state index contributed by atoms with van der Waals surface area (Å²) >= 11 is 0. The normalized spacial score (nSPS) is 31.5. The lowest BCUT2D eigenvalue weighted by Gasteiger charge is -2.56. The molecule has 27 heavy (non-hydrogen) atoms. The Morgan fingerprint density at radius 3 is 2.33 bits per heavy atom. The molecule has 138 valence electrons. The third-order valence-corrected chi connectivity index (χ3v) is 7.23. The van der Waals surface area contributed by atoms with E-state index in [1.165, 1.54) is 55.2 Å². The molecule has 4 aliphatic rings. The highest BCUT2D eigenvalue weighted by atomic mass is 16.5. The van der Waals surface area contributed by atoms with Gasteiger partial charge >= 0.3 is 0 Å². The van der Waals surface area contributed by atoms with Gasteiger partial charge in [-0.05, 0) is 74.0 Å². The molecule has 4 saturated carbocycles. The van der Waals surface area contributed by atoms with Crippen LogP contribution in [0.2, 0.25) is 0 Å². The summed E-state index contributed by atoms with van der Waals surface area (Å²) < 4.78 is 11.8. The molecule has 2 aromatic carbocycles. The second kappa shape index (κ2) is 5.85. The Labute approximate surface area is 159 Å². The van der Waals surface area contributed by atoms with Crippen molar-refractivity contribution in [1.82, 2.24) is 5.16 Å². The van der Waals surface area contributed by atoms with Crippen LogP contribution in [0, 0.1) is 17.8 Å². The van der Waals surface area contributed by atoms with Gasteiger partial charge in [-0.3, -0.25) is 0 Å². The van der Waals surface area contributed by atoms with Gasteiger partial charge in [-0.25, -0.2) is 0 Å². The van der Waals surface area contributed by atoms with E-state index in [0.29, 0.717) is 6.61 Å². The van der Waals surface area contributed by atoms with Gasteiger partial charge in [0, 0.05) is 16.9 Å². The Kier molecular flexibility index (Phi) is 3.41. The van der Waals surface area contributed by atoms with E-state index in [9.17, 15) is 0 Å².